The van der Waals surface area contributed by atoms with E-state index in [4.69, 9.17) is 5.73 Å². The van der Waals surface area contributed by atoms with E-state index in [1.807, 2.05) is 0 Å². The average molecular weight is 927 g/mol. The SMILES string of the molecule is C/C=C/CC(C)C(O)C(C(=O)NC(C(=O)N(C)CC(=O)OC)C(C)O)N(C)C(=O)C(C)N(C)C(=O)C(C)NC(=O)C(C)N(C)C(=O)C(C)NC(=O)C(C)NC(=O)C(C)N(C)C(=O)C(C)N. The van der Waals surface area contributed by atoms with Crippen molar-refractivity contribution in [2.24, 2.45) is 11.7 Å². The first-order chi connectivity index (χ1) is 29.9. The Morgan fingerprint density at radius 3 is 1.43 bits per heavy atom. The molecule has 12 unspecified atom stereocenters. The zero-order valence-corrected chi connectivity index (χ0v) is 40.7. The number of allylic oxidation sites excluding steroid dienone is 2. The molecule has 0 aromatic rings. The summed E-state index contributed by atoms with van der Waals surface area (Å²) in [5.41, 5.74) is 5.61. The van der Waals surface area contributed by atoms with Crippen molar-refractivity contribution in [3.05, 3.63) is 12.2 Å². The summed E-state index contributed by atoms with van der Waals surface area (Å²) in [7, 11) is 7.60. The van der Waals surface area contributed by atoms with Crippen LogP contribution in [0.1, 0.15) is 75.7 Å². The number of carbonyl (C=O) groups is 10. The molecule has 65 heavy (non-hydrogen) atoms. The van der Waals surface area contributed by atoms with Gasteiger partial charge in [0.05, 0.1) is 25.4 Å². The van der Waals surface area contributed by atoms with Crippen molar-refractivity contribution in [3.63, 3.8) is 0 Å². The summed E-state index contributed by atoms with van der Waals surface area (Å²) in [5.74, 6) is -8.11. The molecular weight excluding hydrogens is 853 g/mol. The third kappa shape index (κ3) is 17.0. The molecule has 0 rings (SSSR count). The molecule has 8 N–H and O–H groups in total. The van der Waals surface area contributed by atoms with Crippen molar-refractivity contribution in [2.75, 3.05) is 48.9 Å². The number of esters is 1. The van der Waals surface area contributed by atoms with Crippen molar-refractivity contribution >= 4 is 59.1 Å². The summed E-state index contributed by atoms with van der Waals surface area (Å²) in [6, 6.07) is -11.1. The number of ether oxygens (including phenoxy) is 1. The highest BCUT2D eigenvalue weighted by molar-refractivity contribution is 5.98. The molecule has 370 valence electrons. The number of rotatable bonds is 24. The fraction of sp³-hybridized carbons (Fsp3) is 0.714. The Morgan fingerprint density at radius 2 is 1.00 bits per heavy atom. The van der Waals surface area contributed by atoms with Gasteiger partial charge in [-0.15, -0.1) is 0 Å². The van der Waals surface area contributed by atoms with Gasteiger partial charge >= 0.3 is 5.97 Å². The predicted molar refractivity (Wildman–Crippen MR) is 238 cm³/mol. The van der Waals surface area contributed by atoms with Gasteiger partial charge in [0.1, 0.15) is 54.9 Å². The molecule has 0 aliphatic heterocycles. The van der Waals surface area contributed by atoms with Crippen LogP contribution in [0.15, 0.2) is 12.2 Å². The van der Waals surface area contributed by atoms with Crippen LogP contribution in [-0.4, -0.2) is 209 Å². The minimum Gasteiger partial charge on any atom is -0.468 e. The van der Waals surface area contributed by atoms with Gasteiger partial charge in [-0.05, 0) is 74.7 Å². The Kier molecular flexibility index (Phi) is 24.6. The number of aliphatic hydroxyl groups is 2. The molecular formula is C42H74N10O13. The van der Waals surface area contributed by atoms with Gasteiger partial charge in [-0.3, -0.25) is 47.9 Å². The number of nitrogens with one attached hydrogen (secondary N) is 4. The number of nitrogens with two attached hydrogens (primary N) is 1. The highest BCUT2D eigenvalue weighted by atomic mass is 16.5. The van der Waals surface area contributed by atoms with Crippen LogP contribution in [-0.2, 0) is 52.7 Å². The zero-order valence-electron chi connectivity index (χ0n) is 40.7. The zero-order chi connectivity index (χ0) is 51.0. The topological polar surface area (TPSA) is 311 Å². The van der Waals surface area contributed by atoms with Gasteiger partial charge < -0.3 is 66.5 Å². The van der Waals surface area contributed by atoms with Crippen LogP contribution in [0.4, 0.5) is 0 Å². The molecule has 23 heteroatoms. The summed E-state index contributed by atoms with van der Waals surface area (Å²) in [4.78, 5) is 136. The maximum Gasteiger partial charge on any atom is 0.325 e. The summed E-state index contributed by atoms with van der Waals surface area (Å²) in [6.07, 6.45) is 0.769. The van der Waals surface area contributed by atoms with Gasteiger partial charge in [0.25, 0.3) is 0 Å². The van der Waals surface area contributed by atoms with Crippen LogP contribution < -0.4 is 27.0 Å². The highest BCUT2D eigenvalue weighted by Gasteiger charge is 2.42. The van der Waals surface area contributed by atoms with Crippen LogP contribution in [0, 0.1) is 5.92 Å². The Balaban J connectivity index is 5.98. The largest absolute Gasteiger partial charge is 0.468 e. The lowest BCUT2D eigenvalue weighted by Gasteiger charge is -2.38. The van der Waals surface area contributed by atoms with Gasteiger partial charge in [0, 0.05) is 35.2 Å². The number of carbonyl (C=O) groups excluding carboxylic acids is 10. The first kappa shape index (κ1) is 59.3. The molecule has 0 fully saturated rings. The van der Waals surface area contributed by atoms with E-state index < -0.39 is 138 Å². The van der Waals surface area contributed by atoms with Crippen molar-refractivity contribution in [2.45, 2.75) is 142 Å². The van der Waals surface area contributed by atoms with Gasteiger partial charge in [0.15, 0.2) is 0 Å². The maximum absolute atomic E-state index is 14.0. The van der Waals surface area contributed by atoms with E-state index in [9.17, 15) is 58.2 Å². The van der Waals surface area contributed by atoms with Crippen LogP contribution in [0.3, 0.4) is 0 Å². The lowest BCUT2D eigenvalue weighted by atomic mass is 9.92. The number of hydrogen-bond donors (Lipinski definition) is 7. The Bertz CT molecular complexity index is 1740. The smallest absolute Gasteiger partial charge is 0.325 e. The second-order valence-corrected chi connectivity index (χ2v) is 16.5. The van der Waals surface area contributed by atoms with E-state index in [-0.39, 0.29) is 0 Å². The molecule has 0 saturated heterocycles. The maximum atomic E-state index is 14.0. The molecule has 0 saturated carbocycles. The second-order valence-electron chi connectivity index (χ2n) is 16.5. The van der Waals surface area contributed by atoms with Crippen LogP contribution >= 0.6 is 0 Å². The standard InChI is InChI=1S/C42H74N10O13/c1-17-18-19-21(2)33(55)32(37(59)47-31(29(10)53)42(64)48(11)20-30(54)65-16)52(15)41(63)28(9)51(14)40(62)25(6)46-36(58)27(8)50(13)39(61)24(5)45-34(56)23(4)44-35(57)26(7)49(12)38(60)22(3)43/h17-18,21-29,31-33,53,55H,19-20,43H2,1-16H3,(H,44,57)(H,45,56)(H,46,58)(H,47,59)/b18-17+. The molecule has 0 radical (unpaired) electrons. The van der Waals surface area contributed by atoms with Gasteiger partial charge in [-0.1, -0.05) is 19.1 Å². The van der Waals surface area contributed by atoms with Crippen LogP contribution in [0.2, 0.25) is 0 Å². The minimum absolute atomic E-state index is 0.291. The van der Waals surface area contributed by atoms with Gasteiger partial charge in [-0.2, -0.15) is 0 Å². The summed E-state index contributed by atoms with van der Waals surface area (Å²) >= 11 is 0. The molecule has 0 bridgehead atoms. The van der Waals surface area contributed by atoms with E-state index in [2.05, 4.69) is 26.0 Å². The molecule has 0 spiro atoms. The summed E-state index contributed by atoms with van der Waals surface area (Å²) in [5, 5.41) is 31.8. The molecule has 0 aromatic heterocycles. The predicted octanol–water partition coefficient (Wildman–Crippen LogP) is -3.32. The molecule has 0 aliphatic carbocycles. The van der Waals surface area contributed by atoms with E-state index in [1.165, 1.54) is 90.6 Å². The highest BCUT2D eigenvalue weighted by Crippen LogP contribution is 2.19. The summed E-state index contributed by atoms with van der Waals surface area (Å²) < 4.78 is 4.59. The quantitative estimate of drug-likeness (QED) is 0.0368. The Morgan fingerprint density at radius 1 is 0.569 bits per heavy atom. The van der Waals surface area contributed by atoms with Crippen LogP contribution in [0.25, 0.3) is 0 Å². The molecule has 0 aromatic carbocycles. The van der Waals surface area contributed by atoms with Crippen molar-refractivity contribution in [1.29, 1.82) is 0 Å². The minimum atomic E-state index is -1.65. The number of aliphatic hydroxyl groups excluding tert-OH is 2. The third-order valence-corrected chi connectivity index (χ3v) is 11.2. The third-order valence-electron chi connectivity index (χ3n) is 11.2. The van der Waals surface area contributed by atoms with Crippen molar-refractivity contribution < 1.29 is 62.9 Å². The average Bonchev–Trinajstić information content (AvgIpc) is 3.26. The Labute approximate surface area is 382 Å². The number of hydrogen-bond acceptors (Lipinski definition) is 14. The Hall–Kier alpha value is -5.68. The van der Waals surface area contributed by atoms with Crippen molar-refractivity contribution in [3.8, 4) is 0 Å². The lowest BCUT2D eigenvalue weighted by molar-refractivity contribution is -0.153. The monoisotopic (exact) mass is 927 g/mol. The number of methoxy groups -OCH3 is 1. The number of likely N-dealkylation sites (N-methyl/N-ethyl adjacent to an activating group) is 5. The molecule has 0 aliphatic rings. The fourth-order valence-electron chi connectivity index (χ4n) is 6.21. The lowest BCUT2D eigenvalue weighted by Crippen LogP contribution is -2.63. The van der Waals surface area contributed by atoms with E-state index >= 15 is 0 Å². The van der Waals surface area contributed by atoms with Gasteiger partial charge in [0.2, 0.25) is 53.2 Å². The second kappa shape index (κ2) is 27.0. The van der Waals surface area contributed by atoms with Gasteiger partial charge in [-0.25, -0.2) is 0 Å². The number of nitrogens with zero attached hydrogens (tertiary/aromatic N) is 5. The van der Waals surface area contributed by atoms with Crippen LogP contribution in [0.5, 0.6) is 0 Å². The molecule has 23 nitrogen and oxygen atoms in total. The number of amides is 9. The summed E-state index contributed by atoms with van der Waals surface area (Å²) in [6.45, 7) is 13.9. The normalized spacial score (nSPS) is 16.8. The molecule has 9 amide bonds. The van der Waals surface area contributed by atoms with Crippen molar-refractivity contribution in [1.82, 2.24) is 45.8 Å². The van der Waals surface area contributed by atoms with E-state index in [1.54, 1.807) is 26.0 Å². The molecule has 0 heterocycles. The fourth-order valence-corrected chi connectivity index (χ4v) is 6.21. The first-order valence-corrected chi connectivity index (χ1v) is 21.2. The molecule has 12 atom stereocenters. The van der Waals surface area contributed by atoms with E-state index in [0.29, 0.717) is 6.42 Å². The van der Waals surface area contributed by atoms with E-state index in [0.717, 1.165) is 31.6 Å². The first-order valence-electron chi connectivity index (χ1n) is 21.2.